The van der Waals surface area contributed by atoms with Crippen LogP contribution in [-0.4, -0.2) is 11.0 Å². The average Bonchev–Trinajstić information content (AvgIpc) is 2.70. The second-order valence-electron chi connectivity index (χ2n) is 6.25. The van der Waals surface area contributed by atoms with Crippen molar-refractivity contribution in [3.8, 4) is 0 Å². The fourth-order valence-corrected chi connectivity index (χ4v) is 3.09. The Morgan fingerprint density at radius 2 is 1.48 bits per heavy atom. The Labute approximate surface area is 185 Å². The molecule has 3 aromatic rings. The lowest BCUT2D eigenvalue weighted by Crippen LogP contribution is -2.21. The third kappa shape index (κ3) is 5.71. The number of hydrogen-bond donors (Lipinski definition) is 3. The number of carbonyl (C=O) groups is 1. The van der Waals surface area contributed by atoms with Crippen molar-refractivity contribution in [1.82, 2.24) is 0 Å². The summed E-state index contributed by atoms with van der Waals surface area (Å²) in [5.74, 6) is -1.34. The van der Waals surface area contributed by atoms with E-state index in [0.29, 0.717) is 11.4 Å². The number of halogens is 5. The van der Waals surface area contributed by atoms with Crippen LogP contribution in [-0.2, 0) is 6.18 Å². The lowest BCUT2D eigenvalue weighted by molar-refractivity contribution is -0.137. The van der Waals surface area contributed by atoms with Gasteiger partial charge in [-0.05, 0) is 54.7 Å². The van der Waals surface area contributed by atoms with Crippen LogP contribution in [0.1, 0.15) is 15.9 Å². The first kappa shape index (κ1) is 22.5. The van der Waals surface area contributed by atoms with Gasteiger partial charge in [0.15, 0.2) is 5.11 Å². The lowest BCUT2D eigenvalue weighted by atomic mass is 10.2. The number of thiocarbonyl (C=S) groups is 1. The van der Waals surface area contributed by atoms with Crippen molar-refractivity contribution < 1.29 is 22.4 Å². The highest BCUT2D eigenvalue weighted by molar-refractivity contribution is 7.80. The summed E-state index contributed by atoms with van der Waals surface area (Å²) in [6, 6.07) is 15.3. The van der Waals surface area contributed by atoms with Gasteiger partial charge in [0.1, 0.15) is 5.82 Å². The van der Waals surface area contributed by atoms with Gasteiger partial charge >= 0.3 is 6.18 Å². The van der Waals surface area contributed by atoms with Crippen LogP contribution in [0.4, 0.5) is 34.6 Å². The molecule has 0 aliphatic heterocycles. The van der Waals surface area contributed by atoms with Crippen molar-refractivity contribution >= 4 is 51.9 Å². The van der Waals surface area contributed by atoms with Crippen LogP contribution in [0, 0.1) is 5.82 Å². The molecule has 1 amide bonds. The van der Waals surface area contributed by atoms with Crippen LogP contribution in [0.2, 0.25) is 5.02 Å². The van der Waals surface area contributed by atoms with Gasteiger partial charge in [0.25, 0.3) is 5.91 Å². The van der Waals surface area contributed by atoms with Gasteiger partial charge in [-0.3, -0.25) is 4.79 Å². The van der Waals surface area contributed by atoms with Crippen molar-refractivity contribution in [3.63, 3.8) is 0 Å². The highest BCUT2D eigenvalue weighted by Gasteiger charge is 2.33. The normalized spacial score (nSPS) is 11.0. The summed E-state index contributed by atoms with van der Waals surface area (Å²) >= 11 is 10.8. The summed E-state index contributed by atoms with van der Waals surface area (Å²) in [4.78, 5) is 12.4. The van der Waals surface area contributed by atoms with Crippen LogP contribution in [0.5, 0.6) is 0 Å². The Morgan fingerprint density at radius 1 is 0.871 bits per heavy atom. The molecule has 3 aromatic carbocycles. The van der Waals surface area contributed by atoms with Crippen LogP contribution in [0.3, 0.4) is 0 Å². The van der Waals surface area contributed by atoms with Crippen LogP contribution in [0.15, 0.2) is 66.7 Å². The molecule has 4 nitrogen and oxygen atoms in total. The van der Waals surface area contributed by atoms with Crippen molar-refractivity contribution in [1.29, 1.82) is 0 Å². The van der Waals surface area contributed by atoms with Gasteiger partial charge in [-0.2, -0.15) is 13.2 Å². The highest BCUT2D eigenvalue weighted by Crippen LogP contribution is 2.36. The number of benzene rings is 3. The molecule has 0 fully saturated rings. The van der Waals surface area contributed by atoms with Crippen molar-refractivity contribution in [2.45, 2.75) is 6.18 Å². The molecular formula is C21H14ClF4N3OS. The standard InChI is InChI=1S/C21H14ClF4N3OS/c22-15-10-9-12(11-14(15)21(24,25)26)27-20(31)29-18-8-4-3-7-17(18)28-19(30)13-5-1-2-6-16(13)23/h1-11H,(H,28,30)(H2,27,29,31). The predicted molar refractivity (Wildman–Crippen MR) is 117 cm³/mol. The largest absolute Gasteiger partial charge is 0.417 e. The summed E-state index contributed by atoms with van der Waals surface area (Å²) in [5, 5.41) is 7.56. The van der Waals surface area contributed by atoms with E-state index in [1.54, 1.807) is 24.3 Å². The Bertz CT molecular complexity index is 1140. The second kappa shape index (κ2) is 9.32. The molecule has 0 aliphatic rings. The van der Waals surface area contributed by atoms with E-state index in [1.807, 2.05) is 0 Å². The summed E-state index contributed by atoms with van der Waals surface area (Å²) in [5.41, 5.74) is -0.415. The molecule has 0 saturated heterocycles. The Kier molecular flexibility index (Phi) is 6.77. The van der Waals surface area contributed by atoms with Crippen molar-refractivity contribution in [3.05, 3.63) is 88.7 Å². The zero-order valence-corrected chi connectivity index (χ0v) is 17.1. The molecule has 0 saturated carbocycles. The molecule has 0 aliphatic carbocycles. The first-order valence-electron chi connectivity index (χ1n) is 8.75. The number of anilines is 3. The first-order chi connectivity index (χ1) is 14.6. The molecule has 3 N–H and O–H groups in total. The third-order valence-corrected chi connectivity index (χ3v) is 4.61. The minimum absolute atomic E-state index is 0.0250. The van der Waals surface area contributed by atoms with E-state index in [-0.39, 0.29) is 16.4 Å². The van der Waals surface area contributed by atoms with Gasteiger partial charge in [0.2, 0.25) is 0 Å². The predicted octanol–water partition coefficient (Wildman–Crippen LogP) is 6.56. The highest BCUT2D eigenvalue weighted by atomic mass is 35.5. The lowest BCUT2D eigenvalue weighted by Gasteiger charge is -2.16. The van der Waals surface area contributed by atoms with Gasteiger partial charge in [0, 0.05) is 5.69 Å². The van der Waals surface area contributed by atoms with Crippen molar-refractivity contribution in [2.24, 2.45) is 0 Å². The van der Waals surface area contributed by atoms with Gasteiger partial charge < -0.3 is 16.0 Å². The third-order valence-electron chi connectivity index (χ3n) is 4.07. The van der Waals surface area contributed by atoms with E-state index in [1.165, 1.54) is 30.3 Å². The van der Waals surface area contributed by atoms with E-state index in [2.05, 4.69) is 16.0 Å². The number of nitrogens with one attached hydrogen (secondary N) is 3. The minimum atomic E-state index is -4.62. The van der Waals surface area contributed by atoms with E-state index in [4.69, 9.17) is 23.8 Å². The second-order valence-corrected chi connectivity index (χ2v) is 7.07. The van der Waals surface area contributed by atoms with Crippen LogP contribution < -0.4 is 16.0 Å². The number of amides is 1. The van der Waals surface area contributed by atoms with Gasteiger partial charge in [0.05, 0.1) is 27.5 Å². The molecule has 0 radical (unpaired) electrons. The molecule has 0 spiro atoms. The topological polar surface area (TPSA) is 53.2 Å². The number of para-hydroxylation sites is 2. The van der Waals surface area contributed by atoms with Crippen LogP contribution in [0.25, 0.3) is 0 Å². The smallest absolute Gasteiger partial charge is 0.332 e. The molecule has 0 atom stereocenters. The maximum Gasteiger partial charge on any atom is 0.417 e. The minimum Gasteiger partial charge on any atom is -0.332 e. The quantitative estimate of drug-likeness (QED) is 0.300. The van der Waals surface area contributed by atoms with E-state index in [9.17, 15) is 22.4 Å². The molecule has 160 valence electrons. The molecule has 31 heavy (non-hydrogen) atoms. The molecular weight excluding hydrogens is 454 g/mol. The van der Waals surface area contributed by atoms with E-state index >= 15 is 0 Å². The SMILES string of the molecule is O=C(Nc1ccccc1NC(=S)Nc1ccc(Cl)c(C(F)(F)F)c1)c1ccccc1F. The molecule has 3 rings (SSSR count). The fraction of sp³-hybridized carbons (Fsp3) is 0.0476. The Morgan fingerprint density at radius 3 is 2.13 bits per heavy atom. The summed E-state index contributed by atoms with van der Waals surface area (Å²) in [6.07, 6.45) is -4.62. The molecule has 0 aromatic heterocycles. The average molecular weight is 468 g/mol. The maximum atomic E-state index is 13.8. The van der Waals surface area contributed by atoms with Gasteiger partial charge in [-0.1, -0.05) is 35.9 Å². The molecule has 0 bridgehead atoms. The Hall–Kier alpha value is -3.17. The van der Waals surface area contributed by atoms with Gasteiger partial charge in [-0.15, -0.1) is 0 Å². The molecule has 0 heterocycles. The zero-order chi connectivity index (χ0) is 22.6. The number of hydrogen-bond acceptors (Lipinski definition) is 2. The number of alkyl halides is 3. The fourth-order valence-electron chi connectivity index (χ4n) is 2.64. The summed E-state index contributed by atoms with van der Waals surface area (Å²) < 4.78 is 52.9. The monoisotopic (exact) mass is 467 g/mol. The zero-order valence-electron chi connectivity index (χ0n) is 15.6. The maximum absolute atomic E-state index is 13.8. The first-order valence-corrected chi connectivity index (χ1v) is 9.53. The number of rotatable bonds is 4. The molecule has 0 unspecified atom stereocenters. The summed E-state index contributed by atoms with van der Waals surface area (Å²) in [6.45, 7) is 0. The molecule has 10 heteroatoms. The van der Waals surface area contributed by atoms with Crippen LogP contribution >= 0.6 is 23.8 Å². The van der Waals surface area contributed by atoms with E-state index < -0.39 is 28.5 Å². The van der Waals surface area contributed by atoms with E-state index in [0.717, 1.165) is 12.1 Å². The summed E-state index contributed by atoms with van der Waals surface area (Å²) in [7, 11) is 0. The Balaban J connectivity index is 1.75. The van der Waals surface area contributed by atoms with Gasteiger partial charge in [-0.25, -0.2) is 4.39 Å². The van der Waals surface area contributed by atoms with Crippen molar-refractivity contribution in [2.75, 3.05) is 16.0 Å². The number of carbonyl (C=O) groups excluding carboxylic acids is 1.